The Labute approximate surface area is 150 Å². The molecule has 0 unspecified atom stereocenters. The van der Waals surface area contributed by atoms with E-state index in [2.05, 4.69) is 10.9 Å². The van der Waals surface area contributed by atoms with E-state index in [4.69, 9.17) is 9.15 Å². The first-order valence-corrected chi connectivity index (χ1v) is 7.71. The molecule has 2 amide bonds. The molecule has 0 aliphatic heterocycles. The summed E-state index contributed by atoms with van der Waals surface area (Å²) < 4.78 is 48.2. The third-order valence-electron chi connectivity index (χ3n) is 3.50. The van der Waals surface area contributed by atoms with Gasteiger partial charge in [-0.25, -0.2) is 0 Å². The Hall–Kier alpha value is -3.49. The van der Waals surface area contributed by atoms with Crippen molar-refractivity contribution in [3.8, 4) is 5.75 Å². The molecule has 0 saturated carbocycles. The van der Waals surface area contributed by atoms with Gasteiger partial charge in [-0.1, -0.05) is 24.3 Å². The zero-order valence-corrected chi connectivity index (χ0v) is 13.7. The molecule has 0 bridgehead atoms. The highest BCUT2D eigenvalue weighted by Gasteiger charge is 2.30. The zero-order chi connectivity index (χ0) is 19.4. The minimum absolute atomic E-state index is 0.00435. The largest absolute Gasteiger partial charge is 0.484 e. The van der Waals surface area contributed by atoms with Gasteiger partial charge >= 0.3 is 12.1 Å². The van der Waals surface area contributed by atoms with E-state index in [1.165, 1.54) is 18.2 Å². The summed E-state index contributed by atoms with van der Waals surface area (Å²) >= 11 is 0. The van der Waals surface area contributed by atoms with E-state index in [1.54, 1.807) is 24.3 Å². The number of rotatable bonds is 4. The number of carbonyl (C=O) groups excluding carboxylic acids is 2. The molecule has 27 heavy (non-hydrogen) atoms. The number of hydrogen-bond acceptors (Lipinski definition) is 4. The van der Waals surface area contributed by atoms with Crippen LogP contribution in [0.4, 0.5) is 13.2 Å². The number of amides is 2. The molecule has 0 radical (unpaired) electrons. The lowest BCUT2D eigenvalue weighted by Crippen LogP contribution is -2.43. The molecule has 0 saturated heterocycles. The summed E-state index contributed by atoms with van der Waals surface area (Å²) in [4.78, 5) is 23.7. The Kier molecular flexibility index (Phi) is 5.02. The first-order chi connectivity index (χ1) is 12.8. The van der Waals surface area contributed by atoms with Gasteiger partial charge in [-0.15, -0.1) is 0 Å². The Bertz CT molecular complexity index is 949. The maximum Gasteiger partial charge on any atom is 0.416 e. The summed E-state index contributed by atoms with van der Waals surface area (Å²) in [6.45, 7) is -0.582. The number of fused-ring (bicyclic) bond motifs is 1. The molecule has 3 rings (SSSR count). The second-order valence-corrected chi connectivity index (χ2v) is 5.47. The van der Waals surface area contributed by atoms with Gasteiger partial charge < -0.3 is 9.15 Å². The maximum absolute atomic E-state index is 12.6. The zero-order valence-electron chi connectivity index (χ0n) is 13.7. The fraction of sp³-hybridized carbons (Fsp3) is 0.111. The Balaban J connectivity index is 1.52. The molecule has 3 aromatic rings. The number of halogens is 3. The summed E-state index contributed by atoms with van der Waals surface area (Å²) in [5.74, 6) is -1.56. The van der Waals surface area contributed by atoms with E-state index in [0.29, 0.717) is 5.58 Å². The van der Waals surface area contributed by atoms with Crippen molar-refractivity contribution in [2.75, 3.05) is 6.61 Å². The number of benzene rings is 2. The van der Waals surface area contributed by atoms with Crippen LogP contribution in [-0.4, -0.2) is 18.4 Å². The quantitative estimate of drug-likeness (QED) is 0.683. The molecule has 0 aliphatic carbocycles. The van der Waals surface area contributed by atoms with Gasteiger partial charge in [0.1, 0.15) is 11.3 Å². The number of nitrogens with one attached hydrogen (secondary N) is 2. The van der Waals surface area contributed by atoms with Crippen LogP contribution >= 0.6 is 0 Å². The van der Waals surface area contributed by atoms with Gasteiger partial charge in [-0.05, 0) is 30.3 Å². The molecular weight excluding hydrogens is 365 g/mol. The van der Waals surface area contributed by atoms with Gasteiger partial charge in [-0.2, -0.15) is 13.2 Å². The van der Waals surface area contributed by atoms with Crippen molar-refractivity contribution in [1.82, 2.24) is 10.9 Å². The van der Waals surface area contributed by atoms with Crippen LogP contribution in [-0.2, 0) is 11.0 Å². The first-order valence-electron chi connectivity index (χ1n) is 7.71. The Morgan fingerprint density at radius 2 is 1.78 bits per heavy atom. The van der Waals surface area contributed by atoms with Crippen LogP contribution in [0.1, 0.15) is 16.1 Å². The fourth-order valence-electron chi connectivity index (χ4n) is 2.23. The van der Waals surface area contributed by atoms with Crippen molar-refractivity contribution in [2.45, 2.75) is 6.18 Å². The third-order valence-corrected chi connectivity index (χ3v) is 3.50. The lowest BCUT2D eigenvalue weighted by molar-refractivity contribution is -0.137. The smallest absolute Gasteiger partial charge is 0.416 e. The number of furan rings is 1. The van der Waals surface area contributed by atoms with E-state index in [-0.39, 0.29) is 11.5 Å². The molecule has 0 spiro atoms. The average Bonchev–Trinajstić information content (AvgIpc) is 3.08. The highest BCUT2D eigenvalue weighted by molar-refractivity contribution is 5.97. The third kappa shape index (κ3) is 4.57. The minimum Gasteiger partial charge on any atom is -0.484 e. The molecule has 1 heterocycles. The number of hydrazine groups is 1. The van der Waals surface area contributed by atoms with Crippen LogP contribution in [0.15, 0.2) is 59.0 Å². The number of para-hydroxylation sites is 1. The predicted molar refractivity (Wildman–Crippen MR) is 88.8 cm³/mol. The number of hydrogen-bond donors (Lipinski definition) is 2. The molecule has 0 atom stereocenters. The molecule has 2 N–H and O–H groups in total. The lowest BCUT2D eigenvalue weighted by atomic mass is 10.2. The summed E-state index contributed by atoms with van der Waals surface area (Å²) in [6, 6.07) is 12.6. The summed E-state index contributed by atoms with van der Waals surface area (Å²) in [5, 5.41) is 0.724. The van der Waals surface area contributed by atoms with Crippen molar-refractivity contribution in [3.05, 3.63) is 65.9 Å². The van der Waals surface area contributed by atoms with Gasteiger partial charge in [0.2, 0.25) is 0 Å². The van der Waals surface area contributed by atoms with Gasteiger partial charge in [-0.3, -0.25) is 20.4 Å². The number of ether oxygens (including phenoxy) is 1. The van der Waals surface area contributed by atoms with Gasteiger partial charge in [0, 0.05) is 5.39 Å². The molecular formula is C18H13F3N2O4. The topological polar surface area (TPSA) is 80.6 Å². The van der Waals surface area contributed by atoms with E-state index in [9.17, 15) is 22.8 Å². The standard InChI is InChI=1S/C18H13F3N2O4/c19-18(20,21)12-5-3-6-13(9-12)26-10-16(24)22-23-17(25)15-8-11-4-1-2-7-14(11)27-15/h1-9H,10H2,(H,22,24)(H,23,25). The molecule has 0 fully saturated rings. The van der Waals surface area contributed by atoms with Crippen molar-refractivity contribution < 1.29 is 31.9 Å². The highest BCUT2D eigenvalue weighted by Crippen LogP contribution is 2.31. The Morgan fingerprint density at radius 3 is 2.52 bits per heavy atom. The van der Waals surface area contributed by atoms with E-state index in [0.717, 1.165) is 17.5 Å². The van der Waals surface area contributed by atoms with E-state index < -0.39 is 30.2 Å². The molecule has 1 aromatic heterocycles. The summed E-state index contributed by atoms with van der Waals surface area (Å²) in [6.07, 6.45) is -4.51. The predicted octanol–water partition coefficient (Wildman–Crippen LogP) is 3.29. The van der Waals surface area contributed by atoms with Crippen LogP contribution in [0.5, 0.6) is 5.75 Å². The molecule has 140 valence electrons. The van der Waals surface area contributed by atoms with Crippen LogP contribution in [0.2, 0.25) is 0 Å². The first kappa shape index (κ1) is 18.3. The van der Waals surface area contributed by atoms with E-state index in [1.807, 2.05) is 0 Å². The fourth-order valence-corrected chi connectivity index (χ4v) is 2.23. The second-order valence-electron chi connectivity index (χ2n) is 5.47. The summed E-state index contributed by atoms with van der Waals surface area (Å²) in [7, 11) is 0. The number of alkyl halides is 3. The van der Waals surface area contributed by atoms with Gasteiger partial charge in [0.25, 0.3) is 5.91 Å². The summed E-state index contributed by atoms with van der Waals surface area (Å²) in [5.41, 5.74) is 3.86. The molecule has 6 nitrogen and oxygen atoms in total. The van der Waals surface area contributed by atoms with Crippen LogP contribution in [0.3, 0.4) is 0 Å². The minimum atomic E-state index is -4.51. The van der Waals surface area contributed by atoms with Crippen molar-refractivity contribution >= 4 is 22.8 Å². The normalized spacial score (nSPS) is 11.2. The molecule has 2 aromatic carbocycles. The maximum atomic E-state index is 12.6. The second kappa shape index (κ2) is 7.40. The van der Waals surface area contributed by atoms with Crippen LogP contribution < -0.4 is 15.6 Å². The van der Waals surface area contributed by atoms with Crippen molar-refractivity contribution in [1.29, 1.82) is 0 Å². The van der Waals surface area contributed by atoms with E-state index >= 15 is 0 Å². The van der Waals surface area contributed by atoms with Crippen molar-refractivity contribution in [2.24, 2.45) is 0 Å². The van der Waals surface area contributed by atoms with Crippen molar-refractivity contribution in [3.63, 3.8) is 0 Å². The molecule has 9 heteroatoms. The highest BCUT2D eigenvalue weighted by atomic mass is 19.4. The average molecular weight is 378 g/mol. The Morgan fingerprint density at radius 1 is 1.00 bits per heavy atom. The SMILES string of the molecule is O=C(COc1cccc(C(F)(F)F)c1)NNC(=O)c1cc2ccccc2o1. The van der Waals surface area contributed by atoms with Gasteiger partial charge in [0.15, 0.2) is 12.4 Å². The number of carbonyl (C=O) groups is 2. The monoisotopic (exact) mass is 378 g/mol. The van der Waals surface area contributed by atoms with Gasteiger partial charge in [0.05, 0.1) is 5.56 Å². The van der Waals surface area contributed by atoms with Crippen LogP contribution in [0.25, 0.3) is 11.0 Å². The van der Waals surface area contributed by atoms with Crippen LogP contribution in [0, 0.1) is 0 Å². The lowest BCUT2D eigenvalue weighted by Gasteiger charge is -2.10. The molecule has 0 aliphatic rings.